The van der Waals surface area contributed by atoms with E-state index in [1.165, 1.54) is 0 Å². The summed E-state index contributed by atoms with van der Waals surface area (Å²) in [7, 11) is 0. The molecule has 118 valence electrons. The lowest BCUT2D eigenvalue weighted by atomic mass is 10.0. The van der Waals surface area contributed by atoms with E-state index in [1.807, 2.05) is 19.1 Å². The summed E-state index contributed by atoms with van der Waals surface area (Å²) in [6.45, 7) is 2.98. The van der Waals surface area contributed by atoms with Gasteiger partial charge in [-0.15, -0.1) is 0 Å². The van der Waals surface area contributed by atoms with Crippen molar-refractivity contribution in [3.8, 4) is 0 Å². The molecule has 1 amide bonds. The predicted molar refractivity (Wildman–Crippen MR) is 84.0 cm³/mol. The highest BCUT2D eigenvalue weighted by Gasteiger charge is 2.36. The maximum atomic E-state index is 12.7. The Kier molecular flexibility index (Phi) is 3.16. The van der Waals surface area contributed by atoms with Crippen molar-refractivity contribution in [1.29, 1.82) is 0 Å². The second-order valence-corrected chi connectivity index (χ2v) is 5.96. The van der Waals surface area contributed by atoms with Gasteiger partial charge in [-0.3, -0.25) is 4.79 Å². The molecule has 0 radical (unpaired) electrons. The number of hydrogen-bond acceptors (Lipinski definition) is 5. The van der Waals surface area contributed by atoms with Gasteiger partial charge in [0.15, 0.2) is 0 Å². The number of fused-ring (bicyclic) bond motifs is 1. The molecule has 3 N–H and O–H groups in total. The minimum Gasteiger partial charge on any atom is -0.466 e. The van der Waals surface area contributed by atoms with E-state index in [1.54, 1.807) is 23.1 Å². The first kappa shape index (κ1) is 14.0. The number of likely N-dealkylation sites (tertiary alicyclic amines) is 1. The van der Waals surface area contributed by atoms with Crippen LogP contribution in [-0.4, -0.2) is 45.3 Å². The number of nitrogens with one attached hydrogen (secondary N) is 1. The Morgan fingerprint density at radius 3 is 2.87 bits per heavy atom. The standard InChI is InChI=1S/C16H17N5O2/c1-9-2-5-15(23-9)11-7-21(8-12(11)17)16(22)10-3-4-13-14(6-10)19-20-18-13/h2-6,11-12H,7-8,17H2,1H3,(H,18,19,20)/t11-,12-/m1/s1. The van der Waals surface area contributed by atoms with Crippen LogP contribution >= 0.6 is 0 Å². The molecule has 2 aromatic heterocycles. The molecule has 0 unspecified atom stereocenters. The average Bonchev–Trinajstić information content (AvgIpc) is 3.25. The number of rotatable bonds is 2. The van der Waals surface area contributed by atoms with Gasteiger partial charge in [0, 0.05) is 24.7 Å². The van der Waals surface area contributed by atoms with Crippen LogP contribution in [0.3, 0.4) is 0 Å². The first-order chi connectivity index (χ1) is 11.1. The van der Waals surface area contributed by atoms with Gasteiger partial charge in [0.25, 0.3) is 5.91 Å². The van der Waals surface area contributed by atoms with Crippen molar-refractivity contribution in [2.45, 2.75) is 18.9 Å². The molecule has 1 saturated heterocycles. The van der Waals surface area contributed by atoms with E-state index in [9.17, 15) is 4.79 Å². The number of furan rings is 1. The van der Waals surface area contributed by atoms with E-state index in [-0.39, 0.29) is 17.9 Å². The van der Waals surface area contributed by atoms with E-state index in [0.29, 0.717) is 24.2 Å². The van der Waals surface area contributed by atoms with Gasteiger partial charge >= 0.3 is 0 Å². The second kappa shape index (κ2) is 5.20. The molecule has 23 heavy (non-hydrogen) atoms. The number of aromatic amines is 1. The minimum absolute atomic E-state index is 0.0310. The maximum Gasteiger partial charge on any atom is 0.254 e. The number of aryl methyl sites for hydroxylation is 1. The summed E-state index contributed by atoms with van der Waals surface area (Å²) in [6, 6.07) is 9.04. The van der Waals surface area contributed by atoms with Crippen LogP contribution < -0.4 is 5.73 Å². The number of carbonyl (C=O) groups excluding carboxylic acids is 1. The molecule has 2 atom stereocenters. The summed E-state index contributed by atoms with van der Waals surface area (Å²) >= 11 is 0. The molecule has 0 saturated carbocycles. The number of aromatic nitrogens is 3. The van der Waals surface area contributed by atoms with Crippen LogP contribution in [0.4, 0.5) is 0 Å². The van der Waals surface area contributed by atoms with Gasteiger partial charge in [-0.2, -0.15) is 15.4 Å². The molecule has 0 aliphatic carbocycles. The lowest BCUT2D eigenvalue weighted by molar-refractivity contribution is 0.0788. The van der Waals surface area contributed by atoms with Crippen molar-refractivity contribution in [2.24, 2.45) is 5.73 Å². The number of carbonyl (C=O) groups is 1. The van der Waals surface area contributed by atoms with E-state index in [2.05, 4.69) is 15.4 Å². The third kappa shape index (κ3) is 2.39. The third-order valence-electron chi connectivity index (χ3n) is 4.34. The van der Waals surface area contributed by atoms with Crippen LogP contribution in [0.15, 0.2) is 34.7 Å². The summed E-state index contributed by atoms with van der Waals surface area (Å²) in [5, 5.41) is 10.6. The van der Waals surface area contributed by atoms with Crippen molar-refractivity contribution in [1.82, 2.24) is 20.3 Å². The molecule has 3 aromatic rings. The Bertz CT molecular complexity index is 868. The highest BCUT2D eigenvalue weighted by molar-refractivity contribution is 5.97. The van der Waals surface area contributed by atoms with Gasteiger partial charge in [0.1, 0.15) is 22.6 Å². The highest BCUT2D eigenvalue weighted by Crippen LogP contribution is 2.29. The van der Waals surface area contributed by atoms with Gasteiger partial charge in [0.05, 0.1) is 5.92 Å². The summed E-state index contributed by atoms with van der Waals surface area (Å²) < 4.78 is 5.68. The normalized spacial score (nSPS) is 21.2. The van der Waals surface area contributed by atoms with Crippen molar-refractivity contribution in [3.63, 3.8) is 0 Å². The van der Waals surface area contributed by atoms with Crippen LogP contribution in [0.2, 0.25) is 0 Å². The summed E-state index contributed by atoms with van der Waals surface area (Å²) in [5.74, 6) is 1.69. The molecule has 7 nitrogen and oxygen atoms in total. The maximum absolute atomic E-state index is 12.7. The fourth-order valence-corrected chi connectivity index (χ4v) is 3.10. The van der Waals surface area contributed by atoms with Crippen molar-refractivity contribution in [2.75, 3.05) is 13.1 Å². The lowest BCUT2D eigenvalue weighted by Gasteiger charge is -2.15. The Balaban J connectivity index is 1.57. The summed E-state index contributed by atoms with van der Waals surface area (Å²) in [6.07, 6.45) is 0. The Hall–Kier alpha value is -2.67. The molecule has 3 heterocycles. The van der Waals surface area contributed by atoms with Gasteiger partial charge in [-0.05, 0) is 37.3 Å². The summed E-state index contributed by atoms with van der Waals surface area (Å²) in [4.78, 5) is 14.5. The quantitative estimate of drug-likeness (QED) is 0.745. The summed E-state index contributed by atoms with van der Waals surface area (Å²) in [5.41, 5.74) is 8.23. The second-order valence-electron chi connectivity index (χ2n) is 5.96. The fourth-order valence-electron chi connectivity index (χ4n) is 3.10. The number of nitrogens with two attached hydrogens (primary N) is 1. The molecule has 1 aromatic carbocycles. The van der Waals surface area contributed by atoms with E-state index in [0.717, 1.165) is 17.0 Å². The number of hydrogen-bond donors (Lipinski definition) is 2. The molecular formula is C16H17N5O2. The lowest BCUT2D eigenvalue weighted by Crippen LogP contribution is -2.32. The number of benzene rings is 1. The molecule has 1 fully saturated rings. The molecular weight excluding hydrogens is 294 g/mol. The monoisotopic (exact) mass is 311 g/mol. The van der Waals surface area contributed by atoms with Crippen LogP contribution in [0, 0.1) is 6.92 Å². The first-order valence-electron chi connectivity index (χ1n) is 7.53. The Morgan fingerprint density at radius 1 is 1.26 bits per heavy atom. The highest BCUT2D eigenvalue weighted by atomic mass is 16.3. The first-order valence-corrected chi connectivity index (χ1v) is 7.53. The fraction of sp³-hybridized carbons (Fsp3) is 0.312. The van der Waals surface area contributed by atoms with Crippen molar-refractivity contribution >= 4 is 16.9 Å². The van der Waals surface area contributed by atoms with Gasteiger partial charge in [-0.1, -0.05) is 0 Å². The van der Waals surface area contributed by atoms with Gasteiger partial charge in [-0.25, -0.2) is 0 Å². The van der Waals surface area contributed by atoms with Crippen molar-refractivity contribution in [3.05, 3.63) is 47.4 Å². The molecule has 0 spiro atoms. The predicted octanol–water partition coefficient (Wildman–Crippen LogP) is 1.43. The molecule has 1 aliphatic heterocycles. The Labute approximate surface area is 132 Å². The topological polar surface area (TPSA) is 101 Å². The molecule has 7 heteroatoms. The van der Waals surface area contributed by atoms with Crippen LogP contribution in [0.25, 0.3) is 11.0 Å². The number of H-pyrrole nitrogens is 1. The van der Waals surface area contributed by atoms with Gasteiger partial charge < -0.3 is 15.1 Å². The largest absolute Gasteiger partial charge is 0.466 e. The Morgan fingerprint density at radius 2 is 2.09 bits per heavy atom. The molecule has 0 bridgehead atoms. The van der Waals surface area contributed by atoms with Gasteiger partial charge in [0.2, 0.25) is 0 Å². The SMILES string of the molecule is Cc1ccc([C@@H]2CN(C(=O)c3ccc4n[nH]nc4c3)C[C@H]2N)o1. The van der Waals surface area contributed by atoms with Crippen LogP contribution in [0.1, 0.15) is 27.8 Å². The van der Waals surface area contributed by atoms with E-state index in [4.69, 9.17) is 10.2 Å². The zero-order valence-corrected chi connectivity index (χ0v) is 12.7. The third-order valence-corrected chi connectivity index (χ3v) is 4.34. The van der Waals surface area contributed by atoms with Crippen LogP contribution in [-0.2, 0) is 0 Å². The van der Waals surface area contributed by atoms with E-state index < -0.39 is 0 Å². The smallest absolute Gasteiger partial charge is 0.254 e. The zero-order chi connectivity index (χ0) is 16.0. The minimum atomic E-state index is -0.125. The number of amides is 1. The zero-order valence-electron chi connectivity index (χ0n) is 12.7. The van der Waals surface area contributed by atoms with E-state index >= 15 is 0 Å². The van der Waals surface area contributed by atoms with Crippen molar-refractivity contribution < 1.29 is 9.21 Å². The number of nitrogens with zero attached hydrogens (tertiary/aromatic N) is 3. The van der Waals surface area contributed by atoms with Crippen LogP contribution in [0.5, 0.6) is 0 Å². The average molecular weight is 311 g/mol. The molecule has 1 aliphatic rings. The molecule has 4 rings (SSSR count).